The lowest BCUT2D eigenvalue weighted by Gasteiger charge is -2.29. The molecule has 1 nitrogen and oxygen atoms in total. The smallest absolute Gasteiger partial charge is 0.0975 e. The maximum absolute atomic E-state index is 6.02. The predicted molar refractivity (Wildman–Crippen MR) is 67.4 cm³/mol. The van der Waals surface area contributed by atoms with Crippen molar-refractivity contribution in [2.75, 3.05) is 6.61 Å². The van der Waals surface area contributed by atoms with Gasteiger partial charge in [0.15, 0.2) is 0 Å². The molecular formula is C15H18O. The van der Waals surface area contributed by atoms with Gasteiger partial charge in [0.1, 0.15) is 0 Å². The zero-order valence-electron chi connectivity index (χ0n) is 9.61. The molecule has 0 aliphatic heterocycles. The number of aryl methyl sites for hydroxylation is 1. The van der Waals surface area contributed by atoms with E-state index in [1.165, 1.54) is 11.1 Å². The maximum atomic E-state index is 6.02. The molecule has 0 amide bonds. The first-order chi connectivity index (χ1) is 7.82. The Morgan fingerprint density at radius 1 is 1.25 bits per heavy atom. The zero-order chi connectivity index (χ0) is 11.4. The van der Waals surface area contributed by atoms with Gasteiger partial charge in [0.05, 0.1) is 12.2 Å². The minimum absolute atomic E-state index is 0.160. The molecule has 0 heterocycles. The van der Waals surface area contributed by atoms with Gasteiger partial charge in [0, 0.05) is 0 Å². The molecule has 0 N–H and O–H groups in total. The van der Waals surface area contributed by atoms with Gasteiger partial charge in [-0.3, -0.25) is 0 Å². The van der Waals surface area contributed by atoms with Crippen LogP contribution in [0.25, 0.3) is 0 Å². The van der Waals surface area contributed by atoms with Crippen LogP contribution >= 0.6 is 0 Å². The molecule has 0 unspecified atom stereocenters. The molecule has 0 bridgehead atoms. The Kier molecular flexibility index (Phi) is 3.25. The van der Waals surface area contributed by atoms with Crippen molar-refractivity contribution in [1.82, 2.24) is 0 Å². The molecule has 0 radical (unpaired) electrons. The van der Waals surface area contributed by atoms with E-state index < -0.39 is 0 Å². The summed E-state index contributed by atoms with van der Waals surface area (Å²) in [5.41, 5.74) is 2.58. The molecule has 0 fully saturated rings. The number of fused-ring (bicyclic) bond motifs is 1. The third-order valence-corrected chi connectivity index (χ3v) is 3.26. The molecule has 16 heavy (non-hydrogen) atoms. The van der Waals surface area contributed by atoms with Gasteiger partial charge in [0.2, 0.25) is 0 Å². The summed E-state index contributed by atoms with van der Waals surface area (Å²) in [7, 11) is 0. The molecule has 1 atom stereocenters. The lowest BCUT2D eigenvalue weighted by atomic mass is 9.92. The van der Waals surface area contributed by atoms with Crippen LogP contribution in [0.4, 0.5) is 0 Å². The van der Waals surface area contributed by atoms with Crippen molar-refractivity contribution < 1.29 is 4.74 Å². The van der Waals surface area contributed by atoms with Crippen molar-refractivity contribution in [3.63, 3.8) is 0 Å². The van der Waals surface area contributed by atoms with Gasteiger partial charge >= 0.3 is 0 Å². The molecule has 1 aromatic rings. The van der Waals surface area contributed by atoms with E-state index in [0.29, 0.717) is 6.61 Å². The molecule has 1 heteroatoms. The summed E-state index contributed by atoms with van der Waals surface area (Å²) in [6.07, 6.45) is 6.78. The highest BCUT2D eigenvalue weighted by molar-refractivity contribution is 5.38. The van der Waals surface area contributed by atoms with E-state index in [4.69, 9.17) is 4.74 Å². The van der Waals surface area contributed by atoms with Crippen molar-refractivity contribution in [1.29, 1.82) is 0 Å². The molecule has 1 aromatic carbocycles. The lowest BCUT2D eigenvalue weighted by molar-refractivity contribution is -0.0322. The average Bonchev–Trinajstić information content (AvgIpc) is 2.68. The third-order valence-electron chi connectivity index (χ3n) is 3.26. The number of rotatable bonds is 5. The Labute approximate surface area is 97.4 Å². The molecular weight excluding hydrogens is 196 g/mol. The molecule has 2 rings (SSSR count). The van der Waals surface area contributed by atoms with Gasteiger partial charge in [0.25, 0.3) is 0 Å². The zero-order valence-corrected chi connectivity index (χ0v) is 9.61. The van der Waals surface area contributed by atoms with E-state index in [-0.39, 0.29) is 5.60 Å². The molecule has 0 saturated heterocycles. The largest absolute Gasteiger partial charge is 0.366 e. The average molecular weight is 214 g/mol. The van der Waals surface area contributed by atoms with Crippen LogP contribution in [-0.4, -0.2) is 6.61 Å². The van der Waals surface area contributed by atoms with E-state index >= 15 is 0 Å². The van der Waals surface area contributed by atoms with Gasteiger partial charge < -0.3 is 4.74 Å². The first-order valence-electron chi connectivity index (χ1n) is 5.76. The Morgan fingerprint density at radius 2 is 2.06 bits per heavy atom. The Hall–Kier alpha value is -1.34. The fourth-order valence-electron chi connectivity index (χ4n) is 2.53. The second kappa shape index (κ2) is 4.67. The number of benzene rings is 1. The fraction of sp³-hybridized carbons (Fsp3) is 0.333. The van der Waals surface area contributed by atoms with Gasteiger partial charge in [-0.25, -0.2) is 0 Å². The summed E-state index contributed by atoms with van der Waals surface area (Å²) in [5.74, 6) is 0. The molecule has 0 saturated carbocycles. The van der Waals surface area contributed by atoms with E-state index in [9.17, 15) is 0 Å². The highest BCUT2D eigenvalue weighted by Gasteiger charge is 2.38. The van der Waals surface area contributed by atoms with E-state index in [1.54, 1.807) is 0 Å². The quantitative estimate of drug-likeness (QED) is 0.680. The minimum atomic E-state index is -0.160. The molecule has 1 aliphatic rings. The molecule has 1 aliphatic carbocycles. The predicted octanol–water partition coefficient (Wildman–Crippen LogP) is 3.61. The lowest BCUT2D eigenvalue weighted by Crippen LogP contribution is -2.26. The van der Waals surface area contributed by atoms with Crippen LogP contribution in [0.15, 0.2) is 49.6 Å². The van der Waals surface area contributed by atoms with Gasteiger partial charge in [-0.2, -0.15) is 0 Å². The second-order valence-corrected chi connectivity index (χ2v) is 4.24. The van der Waals surface area contributed by atoms with Crippen LogP contribution in [-0.2, 0) is 16.8 Å². The standard InChI is InChI=1S/C15H18O/c1-3-10-15(16-12-4-2)11-9-13-7-5-6-8-14(13)15/h3-8H,1-2,9-12H2/t15-/m1/s1. The summed E-state index contributed by atoms with van der Waals surface area (Å²) in [6.45, 7) is 8.16. The molecule has 0 aromatic heterocycles. The first-order valence-corrected chi connectivity index (χ1v) is 5.76. The Bertz CT molecular complexity index is 394. The monoisotopic (exact) mass is 214 g/mol. The van der Waals surface area contributed by atoms with Gasteiger partial charge in [-0.1, -0.05) is 36.4 Å². The number of hydrogen-bond acceptors (Lipinski definition) is 1. The van der Waals surface area contributed by atoms with Crippen molar-refractivity contribution in [2.45, 2.75) is 24.9 Å². The van der Waals surface area contributed by atoms with Gasteiger partial charge in [-0.15, -0.1) is 13.2 Å². The fourth-order valence-corrected chi connectivity index (χ4v) is 2.53. The summed E-state index contributed by atoms with van der Waals surface area (Å²) in [5, 5.41) is 0. The van der Waals surface area contributed by atoms with E-state index in [0.717, 1.165) is 19.3 Å². The van der Waals surface area contributed by atoms with Crippen molar-refractivity contribution in [3.05, 3.63) is 60.7 Å². The van der Waals surface area contributed by atoms with Crippen molar-refractivity contribution >= 4 is 0 Å². The second-order valence-electron chi connectivity index (χ2n) is 4.24. The normalized spacial score (nSPS) is 22.8. The topological polar surface area (TPSA) is 9.23 Å². The summed E-state index contributed by atoms with van der Waals surface area (Å²) in [4.78, 5) is 0. The maximum Gasteiger partial charge on any atom is 0.0975 e. The van der Waals surface area contributed by atoms with Crippen molar-refractivity contribution in [2.24, 2.45) is 0 Å². The minimum Gasteiger partial charge on any atom is -0.366 e. The van der Waals surface area contributed by atoms with Crippen LogP contribution in [0.5, 0.6) is 0 Å². The van der Waals surface area contributed by atoms with Crippen LogP contribution in [0.2, 0.25) is 0 Å². The van der Waals surface area contributed by atoms with Crippen LogP contribution < -0.4 is 0 Å². The highest BCUT2D eigenvalue weighted by atomic mass is 16.5. The van der Waals surface area contributed by atoms with Gasteiger partial charge in [-0.05, 0) is 30.4 Å². The molecule has 0 spiro atoms. The van der Waals surface area contributed by atoms with Crippen LogP contribution in [0.3, 0.4) is 0 Å². The third kappa shape index (κ3) is 1.83. The van der Waals surface area contributed by atoms with E-state index in [1.807, 2.05) is 12.2 Å². The Morgan fingerprint density at radius 3 is 2.81 bits per heavy atom. The first kappa shape index (κ1) is 11.2. The van der Waals surface area contributed by atoms with Crippen LogP contribution in [0, 0.1) is 0 Å². The molecule has 84 valence electrons. The SMILES string of the molecule is C=CCO[C@]1(CC=C)CCc2ccccc21. The van der Waals surface area contributed by atoms with Crippen LogP contribution in [0.1, 0.15) is 24.0 Å². The highest BCUT2D eigenvalue weighted by Crippen LogP contribution is 2.42. The van der Waals surface area contributed by atoms with Crippen molar-refractivity contribution in [3.8, 4) is 0 Å². The summed E-state index contributed by atoms with van der Waals surface area (Å²) < 4.78 is 6.02. The van der Waals surface area contributed by atoms with E-state index in [2.05, 4.69) is 37.4 Å². The summed E-state index contributed by atoms with van der Waals surface area (Å²) >= 11 is 0. The number of hydrogen-bond donors (Lipinski definition) is 0. The Balaban J connectivity index is 2.34. The number of ether oxygens (including phenoxy) is 1. The summed E-state index contributed by atoms with van der Waals surface area (Å²) in [6, 6.07) is 8.54.